The van der Waals surface area contributed by atoms with E-state index >= 15 is 0 Å². The van der Waals surface area contributed by atoms with Gasteiger partial charge in [-0.05, 0) is 75.3 Å². The lowest BCUT2D eigenvalue weighted by atomic mass is 10.0. The fourth-order valence-electron chi connectivity index (χ4n) is 3.55. The van der Waals surface area contributed by atoms with Crippen LogP contribution in [0.15, 0.2) is 17.0 Å². The molecule has 2 aromatic rings. The summed E-state index contributed by atoms with van der Waals surface area (Å²) in [6.07, 6.45) is -2.41. The Morgan fingerprint density at radius 3 is 2.21 bits per heavy atom. The Kier molecular flexibility index (Phi) is 5.84. The minimum atomic E-state index is -4.48. The minimum absolute atomic E-state index is 0.121. The summed E-state index contributed by atoms with van der Waals surface area (Å²) in [6, 6.07) is 3.07. The Balaban J connectivity index is 1.69. The lowest BCUT2D eigenvalue weighted by molar-refractivity contribution is -0.141. The number of hydrogen-bond acceptors (Lipinski definition) is 3. The number of nitrogens with one attached hydrogen (secondary N) is 1. The first-order valence-electron chi connectivity index (χ1n) is 9.64. The molecule has 9 heteroatoms. The fourth-order valence-corrected chi connectivity index (χ4v) is 5.23. The van der Waals surface area contributed by atoms with Gasteiger partial charge in [-0.1, -0.05) is 6.07 Å². The van der Waals surface area contributed by atoms with Crippen LogP contribution in [0.5, 0.6) is 0 Å². The van der Waals surface area contributed by atoms with Crippen molar-refractivity contribution in [1.29, 1.82) is 0 Å². The van der Waals surface area contributed by atoms with Crippen LogP contribution in [-0.2, 0) is 22.7 Å². The standard InChI is InChI=1S/C20H26F3N3O2S/c1-12-10-13(2)15(4)19(14(12)3)29(27,28)24-8-5-9-26-17(16-6-7-16)11-18(25-26)20(21,22)23/h10-11,16,24H,5-9H2,1-4H3. The molecule has 160 valence electrons. The van der Waals surface area contributed by atoms with Crippen LogP contribution in [0.3, 0.4) is 0 Å². The summed E-state index contributed by atoms with van der Waals surface area (Å²) in [5.74, 6) is 0.121. The summed E-state index contributed by atoms with van der Waals surface area (Å²) >= 11 is 0. The smallest absolute Gasteiger partial charge is 0.269 e. The zero-order valence-electron chi connectivity index (χ0n) is 17.0. The summed E-state index contributed by atoms with van der Waals surface area (Å²) in [6.45, 7) is 7.66. The average Bonchev–Trinajstić information content (AvgIpc) is 3.35. The van der Waals surface area contributed by atoms with Crippen LogP contribution in [0.4, 0.5) is 13.2 Å². The Hall–Kier alpha value is -1.87. The van der Waals surface area contributed by atoms with Crippen molar-refractivity contribution in [2.24, 2.45) is 0 Å². The van der Waals surface area contributed by atoms with Gasteiger partial charge in [-0.15, -0.1) is 0 Å². The molecule has 29 heavy (non-hydrogen) atoms. The van der Waals surface area contributed by atoms with E-state index in [1.54, 1.807) is 13.8 Å². The number of rotatable bonds is 7. The number of alkyl halides is 3. The number of aryl methyl sites for hydroxylation is 3. The van der Waals surface area contributed by atoms with Gasteiger partial charge in [-0.3, -0.25) is 4.68 Å². The van der Waals surface area contributed by atoms with E-state index in [1.165, 1.54) is 4.68 Å². The molecule has 1 fully saturated rings. The molecule has 0 unspecified atom stereocenters. The highest BCUT2D eigenvalue weighted by molar-refractivity contribution is 7.89. The van der Waals surface area contributed by atoms with Gasteiger partial charge in [0.15, 0.2) is 5.69 Å². The van der Waals surface area contributed by atoms with Crippen LogP contribution in [0.2, 0.25) is 0 Å². The Labute approximate surface area is 169 Å². The van der Waals surface area contributed by atoms with Crippen molar-refractivity contribution in [3.8, 4) is 0 Å². The summed E-state index contributed by atoms with van der Waals surface area (Å²) in [5, 5.41) is 3.70. The van der Waals surface area contributed by atoms with Gasteiger partial charge >= 0.3 is 6.18 Å². The molecule has 0 spiro atoms. The normalized spacial score (nSPS) is 15.1. The number of hydrogen-bond donors (Lipinski definition) is 1. The van der Waals surface area contributed by atoms with Crippen molar-refractivity contribution in [3.05, 3.63) is 45.8 Å². The van der Waals surface area contributed by atoms with E-state index in [4.69, 9.17) is 0 Å². The molecular formula is C20H26F3N3O2S. The third-order valence-electron chi connectivity index (χ3n) is 5.50. The van der Waals surface area contributed by atoms with Crippen molar-refractivity contribution in [2.45, 2.75) is 70.5 Å². The van der Waals surface area contributed by atoms with Crippen molar-refractivity contribution in [3.63, 3.8) is 0 Å². The molecule has 0 bridgehead atoms. The highest BCUT2D eigenvalue weighted by Gasteiger charge is 2.37. The third-order valence-corrected chi connectivity index (χ3v) is 7.24. The van der Waals surface area contributed by atoms with Crippen molar-refractivity contribution in [2.75, 3.05) is 6.54 Å². The molecule has 5 nitrogen and oxygen atoms in total. The van der Waals surface area contributed by atoms with Gasteiger partial charge in [0, 0.05) is 24.7 Å². The summed E-state index contributed by atoms with van der Waals surface area (Å²) in [5.41, 5.74) is 2.91. The maximum atomic E-state index is 13.0. The molecule has 1 aromatic carbocycles. The van der Waals surface area contributed by atoms with Gasteiger partial charge < -0.3 is 0 Å². The second-order valence-electron chi connectivity index (χ2n) is 7.79. The van der Waals surface area contributed by atoms with Crippen LogP contribution in [0.1, 0.15) is 58.8 Å². The number of nitrogens with zero attached hydrogens (tertiary/aromatic N) is 2. The molecule has 0 aliphatic heterocycles. The van der Waals surface area contributed by atoms with Crippen molar-refractivity contribution < 1.29 is 21.6 Å². The maximum absolute atomic E-state index is 13.0. The van der Waals surface area contributed by atoms with E-state index in [0.29, 0.717) is 23.2 Å². The van der Waals surface area contributed by atoms with Crippen LogP contribution in [-0.4, -0.2) is 24.7 Å². The Bertz CT molecular complexity index is 996. The molecule has 0 atom stereocenters. The maximum Gasteiger partial charge on any atom is 0.435 e. The molecule has 0 radical (unpaired) electrons. The second kappa shape index (κ2) is 7.75. The van der Waals surface area contributed by atoms with Gasteiger partial charge in [0.2, 0.25) is 10.0 Å². The lowest BCUT2D eigenvalue weighted by Gasteiger charge is -2.16. The van der Waals surface area contributed by atoms with Crippen LogP contribution in [0, 0.1) is 27.7 Å². The first-order chi connectivity index (χ1) is 13.4. The molecule has 1 saturated carbocycles. The topological polar surface area (TPSA) is 64.0 Å². The van der Waals surface area contributed by atoms with E-state index in [0.717, 1.165) is 30.0 Å². The molecular weight excluding hydrogens is 403 g/mol. The van der Waals surface area contributed by atoms with Gasteiger partial charge in [0.25, 0.3) is 0 Å². The molecule has 1 N–H and O–H groups in total. The summed E-state index contributed by atoms with van der Waals surface area (Å²) in [7, 11) is -3.71. The highest BCUT2D eigenvalue weighted by atomic mass is 32.2. The molecule has 1 aliphatic carbocycles. The largest absolute Gasteiger partial charge is 0.435 e. The van der Waals surface area contributed by atoms with Crippen LogP contribution < -0.4 is 4.72 Å². The Morgan fingerprint density at radius 1 is 1.10 bits per heavy atom. The zero-order valence-corrected chi connectivity index (χ0v) is 17.8. The Morgan fingerprint density at radius 2 is 1.69 bits per heavy atom. The van der Waals surface area contributed by atoms with Gasteiger partial charge in [0.05, 0.1) is 4.90 Å². The van der Waals surface area contributed by atoms with E-state index in [9.17, 15) is 21.6 Å². The molecule has 0 amide bonds. The number of benzene rings is 1. The van der Waals surface area contributed by atoms with Crippen LogP contribution in [0.25, 0.3) is 0 Å². The molecule has 0 saturated heterocycles. The van der Waals surface area contributed by atoms with Gasteiger partial charge in [-0.25, -0.2) is 13.1 Å². The summed E-state index contributed by atoms with van der Waals surface area (Å²) < 4.78 is 68.5. The third kappa shape index (κ3) is 4.66. The SMILES string of the molecule is Cc1cc(C)c(C)c(S(=O)(=O)NCCCn2nc(C(F)(F)F)cc2C2CC2)c1C. The zero-order chi connectivity index (χ0) is 21.6. The van der Waals surface area contributed by atoms with E-state index < -0.39 is 21.9 Å². The average molecular weight is 430 g/mol. The molecule has 1 aliphatic rings. The van der Waals surface area contributed by atoms with Crippen molar-refractivity contribution in [1.82, 2.24) is 14.5 Å². The van der Waals surface area contributed by atoms with Crippen LogP contribution >= 0.6 is 0 Å². The lowest BCUT2D eigenvalue weighted by Crippen LogP contribution is -2.27. The number of sulfonamides is 1. The highest BCUT2D eigenvalue weighted by Crippen LogP contribution is 2.42. The quantitative estimate of drug-likeness (QED) is 0.665. The van der Waals surface area contributed by atoms with E-state index in [1.807, 2.05) is 19.9 Å². The van der Waals surface area contributed by atoms with Gasteiger partial charge in [0.1, 0.15) is 0 Å². The molecule has 1 heterocycles. The fraction of sp³-hybridized carbons (Fsp3) is 0.550. The van der Waals surface area contributed by atoms with Gasteiger partial charge in [-0.2, -0.15) is 18.3 Å². The molecule has 3 rings (SSSR count). The predicted octanol–water partition coefficient (Wildman–Crippen LogP) is 4.38. The minimum Gasteiger partial charge on any atom is -0.269 e. The monoisotopic (exact) mass is 429 g/mol. The van der Waals surface area contributed by atoms with E-state index in [2.05, 4.69) is 9.82 Å². The molecule has 1 aromatic heterocycles. The first kappa shape index (κ1) is 21.8. The number of halogens is 3. The summed E-state index contributed by atoms with van der Waals surface area (Å²) in [4.78, 5) is 0.284. The second-order valence-corrected chi connectivity index (χ2v) is 9.49. The van der Waals surface area contributed by atoms with E-state index in [-0.39, 0.29) is 23.9 Å². The number of aromatic nitrogens is 2. The van der Waals surface area contributed by atoms with Crippen molar-refractivity contribution >= 4 is 10.0 Å². The predicted molar refractivity (Wildman–Crippen MR) is 104 cm³/mol. The first-order valence-corrected chi connectivity index (χ1v) is 11.1.